The summed E-state index contributed by atoms with van der Waals surface area (Å²) in [6, 6.07) is 15.6. The van der Waals surface area contributed by atoms with Gasteiger partial charge in [0, 0.05) is 31.5 Å². The molecule has 2 fully saturated rings. The molecule has 2 aliphatic rings. The summed E-state index contributed by atoms with van der Waals surface area (Å²) < 4.78 is 45.0. The zero-order chi connectivity index (χ0) is 29.6. The number of nitrogens with zero attached hydrogens (tertiary/aromatic N) is 1. The van der Waals surface area contributed by atoms with E-state index in [2.05, 4.69) is 5.32 Å². The van der Waals surface area contributed by atoms with Gasteiger partial charge in [-0.2, -0.15) is 4.31 Å². The molecule has 0 bridgehead atoms. The van der Waals surface area contributed by atoms with Crippen molar-refractivity contribution in [3.05, 3.63) is 60.2 Å². The van der Waals surface area contributed by atoms with E-state index in [1.165, 1.54) is 23.5 Å². The van der Waals surface area contributed by atoms with Crippen LogP contribution in [0.5, 0.6) is 5.75 Å². The highest BCUT2D eigenvalue weighted by atomic mass is 32.2. The minimum absolute atomic E-state index is 0.00487. The predicted molar refractivity (Wildman–Crippen MR) is 152 cm³/mol. The summed E-state index contributed by atoms with van der Waals surface area (Å²) in [5.41, 5.74) is 0.907. The van der Waals surface area contributed by atoms with Gasteiger partial charge >= 0.3 is 5.97 Å². The molecule has 2 saturated heterocycles. The Kier molecular flexibility index (Phi) is 10.4. The molecule has 1 amide bonds. The zero-order valence-electron chi connectivity index (χ0n) is 23.8. The quantitative estimate of drug-likeness (QED) is 0.341. The van der Waals surface area contributed by atoms with Gasteiger partial charge in [0.2, 0.25) is 15.9 Å². The lowest BCUT2D eigenvalue weighted by atomic mass is 9.88. The van der Waals surface area contributed by atoms with E-state index in [1.54, 1.807) is 12.1 Å². The van der Waals surface area contributed by atoms with Crippen LogP contribution in [0.1, 0.15) is 25.8 Å². The van der Waals surface area contributed by atoms with Gasteiger partial charge in [-0.05, 0) is 42.2 Å². The maximum atomic E-state index is 13.6. The van der Waals surface area contributed by atoms with Crippen molar-refractivity contribution in [2.24, 2.45) is 23.7 Å². The molecule has 41 heavy (non-hydrogen) atoms. The van der Waals surface area contributed by atoms with Crippen LogP contribution in [0, 0.1) is 23.7 Å². The van der Waals surface area contributed by atoms with Crippen molar-refractivity contribution in [1.82, 2.24) is 9.62 Å². The summed E-state index contributed by atoms with van der Waals surface area (Å²) in [4.78, 5) is 25.4. The number of sulfonamides is 1. The van der Waals surface area contributed by atoms with Gasteiger partial charge in [-0.3, -0.25) is 9.59 Å². The van der Waals surface area contributed by atoms with Gasteiger partial charge in [-0.15, -0.1) is 0 Å². The number of esters is 1. The lowest BCUT2D eigenvalue weighted by Gasteiger charge is -2.33. The van der Waals surface area contributed by atoms with Crippen molar-refractivity contribution in [3.63, 3.8) is 0 Å². The van der Waals surface area contributed by atoms with E-state index in [1.807, 2.05) is 44.2 Å². The number of amides is 1. The van der Waals surface area contributed by atoms with Crippen LogP contribution in [0.15, 0.2) is 59.5 Å². The number of rotatable bonds is 13. The number of fused-ring (bicyclic) bond motifs is 1. The summed E-state index contributed by atoms with van der Waals surface area (Å²) in [6.45, 7) is 4.75. The first-order valence-corrected chi connectivity index (χ1v) is 15.4. The number of carbonyl (C=O) groups excluding carboxylic acids is 2. The van der Waals surface area contributed by atoms with Gasteiger partial charge in [0.1, 0.15) is 11.9 Å². The molecule has 0 spiro atoms. The molecule has 3 unspecified atom stereocenters. The van der Waals surface area contributed by atoms with Crippen molar-refractivity contribution < 1.29 is 37.3 Å². The third-order valence-corrected chi connectivity index (χ3v) is 9.52. The van der Waals surface area contributed by atoms with E-state index >= 15 is 0 Å². The summed E-state index contributed by atoms with van der Waals surface area (Å²) in [7, 11) is -2.44. The molecule has 5 atom stereocenters. The predicted octanol–water partition coefficient (Wildman–Crippen LogP) is 2.26. The van der Waals surface area contributed by atoms with Gasteiger partial charge < -0.3 is 24.6 Å². The Hall–Kier alpha value is -2.99. The van der Waals surface area contributed by atoms with Crippen LogP contribution < -0.4 is 10.1 Å². The van der Waals surface area contributed by atoms with Crippen molar-refractivity contribution in [2.45, 2.75) is 43.8 Å². The fourth-order valence-electron chi connectivity index (χ4n) is 5.46. The largest absolute Gasteiger partial charge is 0.497 e. The summed E-state index contributed by atoms with van der Waals surface area (Å²) in [5, 5.41) is 14.3. The monoisotopic (exact) mass is 588 g/mol. The van der Waals surface area contributed by atoms with E-state index in [9.17, 15) is 23.1 Å². The molecule has 0 radical (unpaired) electrons. The molecule has 2 aliphatic heterocycles. The molecule has 4 rings (SSSR count). The van der Waals surface area contributed by atoms with E-state index in [4.69, 9.17) is 14.2 Å². The smallest absolute Gasteiger partial charge is 0.306 e. The van der Waals surface area contributed by atoms with Crippen LogP contribution >= 0.6 is 0 Å². The minimum Gasteiger partial charge on any atom is -0.497 e. The van der Waals surface area contributed by atoms with Crippen LogP contribution in [0.25, 0.3) is 0 Å². The first-order valence-electron chi connectivity index (χ1n) is 14.0. The molecule has 0 saturated carbocycles. The lowest BCUT2D eigenvalue weighted by molar-refractivity contribution is -0.166. The number of nitrogens with one attached hydrogen (secondary N) is 1. The third kappa shape index (κ3) is 7.85. The molecule has 0 aliphatic carbocycles. The molecule has 10 nitrogen and oxygen atoms in total. The molecular formula is C30H40N2O8S. The Bertz CT molecular complexity index is 1270. The number of ether oxygens (including phenoxy) is 3. The van der Waals surface area contributed by atoms with Gasteiger partial charge in [0.25, 0.3) is 0 Å². The van der Waals surface area contributed by atoms with Crippen LogP contribution in [0.4, 0.5) is 0 Å². The second-order valence-corrected chi connectivity index (χ2v) is 13.1. The Morgan fingerprint density at radius 2 is 1.80 bits per heavy atom. The number of aliphatic hydroxyl groups excluding tert-OH is 1. The second-order valence-electron chi connectivity index (χ2n) is 11.2. The Morgan fingerprint density at radius 1 is 1.10 bits per heavy atom. The fourth-order valence-corrected chi connectivity index (χ4v) is 7.08. The zero-order valence-corrected chi connectivity index (χ0v) is 24.6. The molecule has 224 valence electrons. The number of hydrogen-bond acceptors (Lipinski definition) is 8. The minimum atomic E-state index is -3.94. The molecular weight excluding hydrogens is 548 g/mol. The Morgan fingerprint density at radius 3 is 2.46 bits per heavy atom. The highest BCUT2D eigenvalue weighted by Gasteiger charge is 2.45. The van der Waals surface area contributed by atoms with Crippen LogP contribution in [-0.4, -0.2) is 81.9 Å². The fraction of sp³-hybridized carbons (Fsp3) is 0.533. The highest BCUT2D eigenvalue weighted by molar-refractivity contribution is 7.89. The average Bonchev–Trinajstić information content (AvgIpc) is 3.34. The molecule has 2 heterocycles. The first kappa shape index (κ1) is 31.0. The van der Waals surface area contributed by atoms with Gasteiger partial charge in [-0.1, -0.05) is 44.2 Å². The topological polar surface area (TPSA) is 131 Å². The van der Waals surface area contributed by atoms with Crippen molar-refractivity contribution in [2.75, 3.05) is 40.0 Å². The first-order chi connectivity index (χ1) is 19.6. The number of aliphatic hydroxyl groups is 1. The van der Waals surface area contributed by atoms with Crippen molar-refractivity contribution in [1.29, 1.82) is 0 Å². The highest BCUT2D eigenvalue weighted by Crippen LogP contribution is 2.30. The van der Waals surface area contributed by atoms with E-state index in [0.29, 0.717) is 25.3 Å². The SMILES string of the molecule is COc1ccc(S(=O)(=O)N(CC(C)C)C[C@@H](O)[C@@H](CC(=O)OC2COCC3C(=O)NCC23)Cc2ccccc2)cc1. The lowest BCUT2D eigenvalue weighted by Crippen LogP contribution is -2.44. The standard InChI is InChI=1S/C30H40N2O8S/c1-20(2)16-32(41(36,37)24-11-9-23(38-3)10-12-24)17-27(33)22(13-21-7-5-4-6-8-21)14-29(34)40-28-19-39-18-26-25(28)15-31-30(26)35/h4-12,20,22,25-28,33H,13-19H2,1-3H3,(H,31,35)/t22-,25?,26?,27-,28?/m1/s1. The second kappa shape index (κ2) is 13.8. The summed E-state index contributed by atoms with van der Waals surface area (Å²) in [6.07, 6.45) is -1.49. The molecule has 2 N–H and O–H groups in total. The van der Waals surface area contributed by atoms with E-state index < -0.39 is 34.1 Å². The van der Waals surface area contributed by atoms with Crippen LogP contribution in [0.2, 0.25) is 0 Å². The van der Waals surface area contributed by atoms with Gasteiger partial charge in [-0.25, -0.2) is 8.42 Å². The maximum Gasteiger partial charge on any atom is 0.306 e. The summed E-state index contributed by atoms with van der Waals surface area (Å²) in [5.74, 6) is -1.21. The number of hydrogen-bond donors (Lipinski definition) is 2. The van der Waals surface area contributed by atoms with Crippen molar-refractivity contribution >= 4 is 21.9 Å². The van der Waals surface area contributed by atoms with E-state index in [0.717, 1.165) is 5.56 Å². The van der Waals surface area contributed by atoms with Gasteiger partial charge in [0.15, 0.2) is 0 Å². The Labute approximate surface area is 242 Å². The Balaban J connectivity index is 1.51. The van der Waals surface area contributed by atoms with Crippen LogP contribution in [-0.2, 0) is 35.5 Å². The number of methoxy groups -OCH3 is 1. The van der Waals surface area contributed by atoms with E-state index in [-0.39, 0.29) is 54.7 Å². The van der Waals surface area contributed by atoms with Crippen LogP contribution in [0.3, 0.4) is 0 Å². The maximum absolute atomic E-state index is 13.6. The van der Waals surface area contributed by atoms with Gasteiger partial charge in [0.05, 0.1) is 43.7 Å². The number of carbonyl (C=O) groups is 2. The molecule has 2 aromatic carbocycles. The molecule has 0 aromatic heterocycles. The van der Waals surface area contributed by atoms with Crippen molar-refractivity contribution in [3.8, 4) is 5.75 Å². The molecule has 11 heteroatoms. The molecule has 2 aromatic rings. The summed E-state index contributed by atoms with van der Waals surface area (Å²) >= 11 is 0. The average molecular weight is 589 g/mol. The third-order valence-electron chi connectivity index (χ3n) is 7.68. The number of benzene rings is 2. The normalized spacial score (nSPS) is 22.2.